The summed E-state index contributed by atoms with van der Waals surface area (Å²) in [7, 11) is 1.71. The molecule has 1 rings (SSSR count). The smallest absolute Gasteiger partial charge is 0.0700 e. The predicted octanol–water partition coefficient (Wildman–Crippen LogP) is 1.44. The SMILES string of the molecule is COCCCOCCOCC(C)CNC1CC1. The van der Waals surface area contributed by atoms with Gasteiger partial charge in [-0.3, -0.25) is 0 Å². The maximum absolute atomic E-state index is 5.56. The summed E-state index contributed by atoms with van der Waals surface area (Å²) in [6.07, 6.45) is 3.66. The van der Waals surface area contributed by atoms with Crippen LogP contribution in [0.2, 0.25) is 0 Å². The van der Waals surface area contributed by atoms with E-state index < -0.39 is 0 Å². The van der Waals surface area contributed by atoms with Gasteiger partial charge in [0.2, 0.25) is 0 Å². The van der Waals surface area contributed by atoms with Gasteiger partial charge in [0.1, 0.15) is 0 Å². The molecule has 0 aromatic carbocycles. The molecule has 0 saturated heterocycles. The first-order chi connectivity index (χ1) is 8.33. The van der Waals surface area contributed by atoms with Gasteiger partial charge in [-0.1, -0.05) is 6.92 Å². The van der Waals surface area contributed by atoms with Crippen LogP contribution in [0.3, 0.4) is 0 Å². The van der Waals surface area contributed by atoms with Crippen LogP contribution in [0.15, 0.2) is 0 Å². The molecule has 17 heavy (non-hydrogen) atoms. The van der Waals surface area contributed by atoms with Gasteiger partial charge in [0, 0.05) is 32.9 Å². The summed E-state index contributed by atoms with van der Waals surface area (Å²) in [6.45, 7) is 7.02. The van der Waals surface area contributed by atoms with Gasteiger partial charge in [-0.25, -0.2) is 0 Å². The number of nitrogens with one attached hydrogen (secondary N) is 1. The van der Waals surface area contributed by atoms with Crippen LogP contribution in [0.4, 0.5) is 0 Å². The maximum Gasteiger partial charge on any atom is 0.0700 e. The van der Waals surface area contributed by atoms with Crippen LogP contribution in [-0.4, -0.2) is 52.7 Å². The predicted molar refractivity (Wildman–Crippen MR) is 68.3 cm³/mol. The zero-order chi connectivity index (χ0) is 12.3. The van der Waals surface area contributed by atoms with Crippen molar-refractivity contribution in [2.24, 2.45) is 5.92 Å². The molecule has 4 heteroatoms. The molecule has 102 valence electrons. The second-order valence-corrected chi connectivity index (χ2v) is 4.82. The molecular weight excluding hydrogens is 218 g/mol. The van der Waals surface area contributed by atoms with Crippen molar-refractivity contribution in [3.05, 3.63) is 0 Å². The summed E-state index contributed by atoms with van der Waals surface area (Å²) in [4.78, 5) is 0. The molecule has 1 aliphatic carbocycles. The Balaban J connectivity index is 1.73. The molecule has 0 aromatic rings. The molecule has 1 saturated carbocycles. The Hall–Kier alpha value is -0.160. The van der Waals surface area contributed by atoms with Crippen LogP contribution in [-0.2, 0) is 14.2 Å². The molecule has 0 aliphatic heterocycles. The van der Waals surface area contributed by atoms with E-state index in [1.807, 2.05) is 0 Å². The van der Waals surface area contributed by atoms with E-state index in [1.54, 1.807) is 7.11 Å². The first kappa shape index (κ1) is 14.9. The Labute approximate surface area is 105 Å². The lowest BCUT2D eigenvalue weighted by Gasteiger charge is -2.12. The standard InChI is InChI=1S/C13H27NO3/c1-12(10-14-13-4-5-13)11-17-9-8-16-7-3-6-15-2/h12-14H,3-11H2,1-2H3. The normalized spacial score (nSPS) is 17.3. The van der Waals surface area contributed by atoms with Crippen LogP contribution in [0.5, 0.6) is 0 Å². The fraction of sp³-hybridized carbons (Fsp3) is 1.00. The molecule has 0 heterocycles. The van der Waals surface area contributed by atoms with E-state index in [0.717, 1.165) is 38.8 Å². The van der Waals surface area contributed by atoms with E-state index in [4.69, 9.17) is 14.2 Å². The summed E-state index contributed by atoms with van der Waals surface area (Å²) >= 11 is 0. The fourth-order valence-electron chi connectivity index (χ4n) is 1.52. The third kappa shape index (κ3) is 9.53. The average molecular weight is 245 g/mol. The average Bonchev–Trinajstić information content (AvgIpc) is 3.14. The van der Waals surface area contributed by atoms with Gasteiger partial charge in [-0.2, -0.15) is 0 Å². The van der Waals surface area contributed by atoms with Crippen molar-refractivity contribution in [2.45, 2.75) is 32.2 Å². The largest absolute Gasteiger partial charge is 0.385 e. The Kier molecular flexibility index (Phi) is 8.61. The molecule has 1 aliphatic rings. The van der Waals surface area contributed by atoms with Crippen LogP contribution < -0.4 is 5.32 Å². The summed E-state index contributed by atoms with van der Waals surface area (Å²) < 4.78 is 15.9. The topological polar surface area (TPSA) is 39.7 Å². The van der Waals surface area contributed by atoms with Crippen molar-refractivity contribution < 1.29 is 14.2 Å². The summed E-state index contributed by atoms with van der Waals surface area (Å²) in [6, 6.07) is 0.793. The van der Waals surface area contributed by atoms with Crippen molar-refractivity contribution in [3.8, 4) is 0 Å². The Morgan fingerprint density at radius 1 is 1.12 bits per heavy atom. The highest BCUT2D eigenvalue weighted by molar-refractivity contribution is 4.81. The first-order valence-electron chi connectivity index (χ1n) is 6.70. The fourth-order valence-corrected chi connectivity index (χ4v) is 1.52. The van der Waals surface area contributed by atoms with E-state index in [2.05, 4.69) is 12.2 Å². The molecule has 0 spiro atoms. The quantitative estimate of drug-likeness (QED) is 0.528. The minimum Gasteiger partial charge on any atom is -0.385 e. The van der Waals surface area contributed by atoms with E-state index in [9.17, 15) is 0 Å². The van der Waals surface area contributed by atoms with Gasteiger partial charge in [0.05, 0.1) is 19.8 Å². The van der Waals surface area contributed by atoms with Crippen molar-refractivity contribution in [1.29, 1.82) is 0 Å². The second-order valence-electron chi connectivity index (χ2n) is 4.82. The molecule has 1 fully saturated rings. The molecule has 1 N–H and O–H groups in total. The third-order valence-corrected chi connectivity index (χ3v) is 2.74. The lowest BCUT2D eigenvalue weighted by Crippen LogP contribution is -2.26. The summed E-state index contributed by atoms with van der Waals surface area (Å²) in [5.41, 5.74) is 0. The Morgan fingerprint density at radius 3 is 2.59 bits per heavy atom. The highest BCUT2D eigenvalue weighted by Crippen LogP contribution is 2.18. The van der Waals surface area contributed by atoms with Crippen LogP contribution >= 0.6 is 0 Å². The van der Waals surface area contributed by atoms with E-state index >= 15 is 0 Å². The van der Waals surface area contributed by atoms with Crippen molar-refractivity contribution >= 4 is 0 Å². The van der Waals surface area contributed by atoms with Crippen LogP contribution in [0.1, 0.15) is 26.2 Å². The van der Waals surface area contributed by atoms with Gasteiger partial charge in [-0.05, 0) is 25.2 Å². The van der Waals surface area contributed by atoms with Gasteiger partial charge in [-0.15, -0.1) is 0 Å². The van der Waals surface area contributed by atoms with Crippen LogP contribution in [0.25, 0.3) is 0 Å². The summed E-state index contributed by atoms with van der Waals surface area (Å²) in [5, 5.41) is 3.51. The zero-order valence-corrected chi connectivity index (χ0v) is 11.2. The molecular formula is C13H27NO3. The molecule has 4 nitrogen and oxygen atoms in total. The third-order valence-electron chi connectivity index (χ3n) is 2.74. The minimum atomic E-state index is 0.587. The molecule has 1 atom stereocenters. The number of hydrogen-bond donors (Lipinski definition) is 1. The molecule has 0 aromatic heterocycles. The molecule has 0 amide bonds. The molecule has 0 radical (unpaired) electrons. The second kappa shape index (κ2) is 9.83. The first-order valence-corrected chi connectivity index (χ1v) is 6.70. The van der Waals surface area contributed by atoms with Gasteiger partial charge in [0.25, 0.3) is 0 Å². The highest BCUT2D eigenvalue weighted by Gasteiger charge is 2.20. The Morgan fingerprint density at radius 2 is 1.88 bits per heavy atom. The van der Waals surface area contributed by atoms with Gasteiger partial charge < -0.3 is 19.5 Å². The lowest BCUT2D eigenvalue weighted by atomic mass is 10.2. The highest BCUT2D eigenvalue weighted by atomic mass is 16.5. The molecule has 1 unspecified atom stereocenters. The van der Waals surface area contributed by atoms with E-state index in [0.29, 0.717) is 19.1 Å². The monoisotopic (exact) mass is 245 g/mol. The van der Waals surface area contributed by atoms with E-state index in [-0.39, 0.29) is 0 Å². The van der Waals surface area contributed by atoms with Gasteiger partial charge in [0.15, 0.2) is 0 Å². The Bertz CT molecular complexity index is 174. The number of hydrogen-bond acceptors (Lipinski definition) is 4. The summed E-state index contributed by atoms with van der Waals surface area (Å²) in [5.74, 6) is 0.587. The van der Waals surface area contributed by atoms with Crippen molar-refractivity contribution in [1.82, 2.24) is 5.32 Å². The number of methoxy groups -OCH3 is 1. The van der Waals surface area contributed by atoms with Crippen molar-refractivity contribution in [2.75, 3.05) is 46.7 Å². The van der Waals surface area contributed by atoms with Crippen molar-refractivity contribution in [3.63, 3.8) is 0 Å². The maximum atomic E-state index is 5.56. The number of rotatable bonds is 12. The lowest BCUT2D eigenvalue weighted by molar-refractivity contribution is 0.0296. The number of ether oxygens (including phenoxy) is 3. The van der Waals surface area contributed by atoms with Gasteiger partial charge >= 0.3 is 0 Å². The zero-order valence-electron chi connectivity index (χ0n) is 11.2. The molecule has 0 bridgehead atoms. The van der Waals surface area contributed by atoms with E-state index in [1.165, 1.54) is 12.8 Å². The minimum absolute atomic E-state index is 0.587. The van der Waals surface area contributed by atoms with Crippen LogP contribution in [0, 0.1) is 5.92 Å².